The number of hydrogen-bond acceptors (Lipinski definition) is 3. The first-order valence-corrected chi connectivity index (χ1v) is 7.31. The van der Waals surface area contributed by atoms with Gasteiger partial charge in [0.05, 0.1) is 0 Å². The van der Waals surface area contributed by atoms with Gasteiger partial charge in [-0.2, -0.15) is 0 Å². The Labute approximate surface area is 127 Å². The molecular weight excluding hydrogens is 278 g/mol. The van der Waals surface area contributed by atoms with Gasteiger partial charge in [0.25, 0.3) is 0 Å². The molecule has 0 saturated heterocycles. The van der Waals surface area contributed by atoms with Crippen molar-refractivity contribution in [2.24, 2.45) is 11.7 Å². The molecule has 2 amide bonds. The molecule has 1 aliphatic carbocycles. The number of hydrogen-bond donors (Lipinski definition) is 3. The lowest BCUT2D eigenvalue weighted by Crippen LogP contribution is -2.40. The summed E-state index contributed by atoms with van der Waals surface area (Å²) in [7, 11) is 0. The summed E-state index contributed by atoms with van der Waals surface area (Å²) >= 11 is 0. The summed E-state index contributed by atoms with van der Waals surface area (Å²) in [5.74, 6) is 0.233. The first-order chi connectivity index (χ1) is 8.99. The molecule has 0 radical (unpaired) electrons. The highest BCUT2D eigenvalue weighted by Gasteiger charge is 2.24. The van der Waals surface area contributed by atoms with Crippen LogP contribution < -0.4 is 16.4 Å². The molecule has 1 saturated carbocycles. The molecule has 0 heterocycles. The lowest BCUT2D eigenvalue weighted by Gasteiger charge is -2.17. The van der Waals surface area contributed by atoms with E-state index in [4.69, 9.17) is 5.73 Å². The SMILES string of the molecule is CC(N)CCNC(=O)CC(C)NC(=O)C1CCCC1.Cl. The van der Waals surface area contributed by atoms with E-state index in [2.05, 4.69) is 10.6 Å². The lowest BCUT2D eigenvalue weighted by atomic mass is 10.1. The molecule has 20 heavy (non-hydrogen) atoms. The molecule has 2 atom stereocenters. The van der Waals surface area contributed by atoms with Gasteiger partial charge in [0.15, 0.2) is 0 Å². The van der Waals surface area contributed by atoms with Crippen LogP contribution in [0.3, 0.4) is 0 Å². The maximum absolute atomic E-state index is 11.9. The van der Waals surface area contributed by atoms with Crippen molar-refractivity contribution in [1.29, 1.82) is 0 Å². The van der Waals surface area contributed by atoms with Crippen LogP contribution in [0.25, 0.3) is 0 Å². The Kier molecular flexibility index (Phi) is 9.59. The standard InChI is InChI=1S/C14H27N3O2.ClH/c1-10(15)7-8-16-13(18)9-11(2)17-14(19)12-5-3-4-6-12;/h10-12H,3-9,15H2,1-2H3,(H,16,18)(H,17,19);1H. The summed E-state index contributed by atoms with van der Waals surface area (Å²) in [6.45, 7) is 4.38. The van der Waals surface area contributed by atoms with Gasteiger partial charge in [-0.25, -0.2) is 0 Å². The Bertz CT molecular complexity index is 305. The maximum Gasteiger partial charge on any atom is 0.223 e. The number of nitrogens with one attached hydrogen (secondary N) is 2. The Morgan fingerprint density at radius 2 is 1.85 bits per heavy atom. The van der Waals surface area contributed by atoms with Gasteiger partial charge in [-0.05, 0) is 33.1 Å². The molecule has 1 aliphatic rings. The summed E-state index contributed by atoms with van der Waals surface area (Å²) in [5, 5.41) is 5.74. The number of carbonyl (C=O) groups excluding carboxylic acids is 2. The molecule has 118 valence electrons. The molecule has 1 rings (SSSR count). The van der Waals surface area contributed by atoms with Crippen molar-refractivity contribution < 1.29 is 9.59 Å². The second-order valence-electron chi connectivity index (χ2n) is 5.71. The van der Waals surface area contributed by atoms with Crippen molar-refractivity contribution in [3.63, 3.8) is 0 Å². The van der Waals surface area contributed by atoms with Gasteiger partial charge in [-0.3, -0.25) is 9.59 Å². The van der Waals surface area contributed by atoms with Crippen LogP contribution in [-0.2, 0) is 9.59 Å². The molecule has 0 aromatic heterocycles. The van der Waals surface area contributed by atoms with Crippen molar-refractivity contribution in [1.82, 2.24) is 10.6 Å². The van der Waals surface area contributed by atoms with Crippen molar-refractivity contribution in [3.05, 3.63) is 0 Å². The number of amides is 2. The third-order valence-corrected chi connectivity index (χ3v) is 3.53. The summed E-state index contributed by atoms with van der Waals surface area (Å²) in [4.78, 5) is 23.5. The van der Waals surface area contributed by atoms with Crippen LogP contribution in [0, 0.1) is 5.92 Å². The van der Waals surface area contributed by atoms with E-state index in [0.717, 1.165) is 32.1 Å². The Morgan fingerprint density at radius 1 is 1.25 bits per heavy atom. The van der Waals surface area contributed by atoms with E-state index in [1.807, 2.05) is 13.8 Å². The minimum atomic E-state index is -0.108. The lowest BCUT2D eigenvalue weighted by molar-refractivity contribution is -0.126. The second-order valence-corrected chi connectivity index (χ2v) is 5.71. The average Bonchev–Trinajstić information content (AvgIpc) is 2.81. The van der Waals surface area contributed by atoms with Crippen molar-refractivity contribution >= 4 is 24.2 Å². The number of halogens is 1. The largest absolute Gasteiger partial charge is 0.356 e. The molecule has 4 N–H and O–H groups in total. The summed E-state index contributed by atoms with van der Waals surface area (Å²) in [5.41, 5.74) is 5.61. The average molecular weight is 306 g/mol. The van der Waals surface area contributed by atoms with Gasteiger partial charge < -0.3 is 16.4 Å². The fourth-order valence-corrected chi connectivity index (χ4v) is 2.39. The molecule has 0 spiro atoms. The van der Waals surface area contributed by atoms with Gasteiger partial charge in [0, 0.05) is 31.0 Å². The maximum atomic E-state index is 11.9. The van der Waals surface area contributed by atoms with Crippen LogP contribution in [0.2, 0.25) is 0 Å². The predicted octanol–water partition coefficient (Wildman–Crippen LogP) is 1.35. The zero-order chi connectivity index (χ0) is 14.3. The van der Waals surface area contributed by atoms with E-state index >= 15 is 0 Å². The monoisotopic (exact) mass is 305 g/mol. The molecule has 5 nitrogen and oxygen atoms in total. The van der Waals surface area contributed by atoms with Gasteiger partial charge in [-0.15, -0.1) is 12.4 Å². The van der Waals surface area contributed by atoms with Crippen molar-refractivity contribution in [2.75, 3.05) is 6.54 Å². The van der Waals surface area contributed by atoms with E-state index in [0.29, 0.717) is 13.0 Å². The van der Waals surface area contributed by atoms with E-state index in [-0.39, 0.29) is 42.2 Å². The molecule has 0 aromatic rings. The van der Waals surface area contributed by atoms with E-state index in [9.17, 15) is 9.59 Å². The fourth-order valence-electron chi connectivity index (χ4n) is 2.39. The minimum Gasteiger partial charge on any atom is -0.356 e. The van der Waals surface area contributed by atoms with Crippen LogP contribution >= 0.6 is 12.4 Å². The minimum absolute atomic E-state index is 0. The number of carbonyl (C=O) groups is 2. The van der Waals surface area contributed by atoms with Crippen molar-refractivity contribution in [3.8, 4) is 0 Å². The predicted molar refractivity (Wildman–Crippen MR) is 82.7 cm³/mol. The molecule has 6 heteroatoms. The number of nitrogens with two attached hydrogens (primary N) is 1. The van der Waals surface area contributed by atoms with E-state index in [1.165, 1.54) is 0 Å². The van der Waals surface area contributed by atoms with Crippen LogP contribution in [0.1, 0.15) is 52.4 Å². The van der Waals surface area contributed by atoms with Crippen LogP contribution in [0.5, 0.6) is 0 Å². The van der Waals surface area contributed by atoms with Crippen LogP contribution in [0.15, 0.2) is 0 Å². The summed E-state index contributed by atoms with van der Waals surface area (Å²) in [6.07, 6.45) is 5.36. The smallest absolute Gasteiger partial charge is 0.223 e. The Balaban J connectivity index is 0.00000361. The Hall–Kier alpha value is -0.810. The fraction of sp³-hybridized carbons (Fsp3) is 0.857. The highest BCUT2D eigenvalue weighted by atomic mass is 35.5. The molecule has 1 fully saturated rings. The van der Waals surface area contributed by atoms with Gasteiger partial charge in [0.2, 0.25) is 11.8 Å². The topological polar surface area (TPSA) is 84.2 Å². The zero-order valence-electron chi connectivity index (χ0n) is 12.5. The van der Waals surface area contributed by atoms with Crippen molar-refractivity contribution in [2.45, 2.75) is 64.5 Å². The Morgan fingerprint density at radius 3 is 2.40 bits per heavy atom. The van der Waals surface area contributed by atoms with Gasteiger partial charge >= 0.3 is 0 Å². The second kappa shape index (κ2) is 10.00. The zero-order valence-corrected chi connectivity index (χ0v) is 13.3. The van der Waals surface area contributed by atoms with E-state index < -0.39 is 0 Å². The number of rotatable bonds is 7. The third-order valence-electron chi connectivity index (χ3n) is 3.53. The summed E-state index contributed by atoms with van der Waals surface area (Å²) in [6, 6.07) is -0.0109. The highest BCUT2D eigenvalue weighted by Crippen LogP contribution is 2.24. The molecule has 2 unspecified atom stereocenters. The molecule has 0 aliphatic heterocycles. The van der Waals surface area contributed by atoms with Crippen LogP contribution in [-0.4, -0.2) is 30.4 Å². The molecule has 0 aromatic carbocycles. The highest BCUT2D eigenvalue weighted by molar-refractivity contribution is 5.85. The first-order valence-electron chi connectivity index (χ1n) is 7.31. The first kappa shape index (κ1) is 19.2. The quantitative estimate of drug-likeness (QED) is 0.664. The van der Waals surface area contributed by atoms with Gasteiger partial charge in [-0.1, -0.05) is 12.8 Å². The molecular formula is C14H28ClN3O2. The van der Waals surface area contributed by atoms with Crippen LogP contribution in [0.4, 0.5) is 0 Å². The molecule has 0 bridgehead atoms. The normalized spacial score (nSPS) is 17.9. The third kappa shape index (κ3) is 7.70. The summed E-state index contributed by atoms with van der Waals surface area (Å²) < 4.78 is 0. The van der Waals surface area contributed by atoms with E-state index in [1.54, 1.807) is 0 Å². The van der Waals surface area contributed by atoms with Gasteiger partial charge in [0.1, 0.15) is 0 Å².